The highest BCUT2D eigenvalue weighted by Crippen LogP contribution is 2.49. The van der Waals surface area contributed by atoms with Gasteiger partial charge < -0.3 is 20.5 Å². The molecule has 1 aromatic carbocycles. The second-order valence-electron chi connectivity index (χ2n) is 6.48. The average molecular weight is 325 g/mol. The standard InChI is InChI=1S/C16H20N2O3.ClH/c17-12-6-14-15(21-8-20-14)7-13(12)18-16(19)5-11-4-9-1-2-10(11)3-9;/h6-7,9-11H,1-5,8,17H2,(H,18,19);1H. The molecule has 0 radical (unpaired) electrons. The van der Waals surface area contributed by atoms with Crippen LogP contribution in [0.4, 0.5) is 11.4 Å². The average Bonchev–Trinajstić information content (AvgIpc) is 3.14. The molecule has 2 bridgehead atoms. The Bertz CT molecular complexity index is 593. The normalized spacial score (nSPS) is 27.5. The monoisotopic (exact) mass is 324 g/mol. The molecule has 3 N–H and O–H groups in total. The Morgan fingerprint density at radius 1 is 1.23 bits per heavy atom. The molecule has 3 unspecified atom stereocenters. The molecule has 2 fully saturated rings. The topological polar surface area (TPSA) is 73.6 Å². The highest BCUT2D eigenvalue weighted by molar-refractivity contribution is 5.94. The van der Waals surface area contributed by atoms with Crippen LogP contribution in [0.15, 0.2) is 12.1 Å². The maximum Gasteiger partial charge on any atom is 0.231 e. The number of nitrogens with two attached hydrogens (primary N) is 1. The molecule has 6 heteroatoms. The highest BCUT2D eigenvalue weighted by atomic mass is 35.5. The first-order valence-corrected chi connectivity index (χ1v) is 7.68. The van der Waals surface area contributed by atoms with Crippen LogP contribution in [-0.2, 0) is 4.79 Å². The van der Waals surface area contributed by atoms with Crippen LogP contribution >= 0.6 is 12.4 Å². The van der Waals surface area contributed by atoms with Crippen LogP contribution in [0.3, 0.4) is 0 Å². The first-order chi connectivity index (χ1) is 10.2. The number of hydrogen-bond donors (Lipinski definition) is 2. The summed E-state index contributed by atoms with van der Waals surface area (Å²) in [4.78, 5) is 12.3. The number of hydrogen-bond acceptors (Lipinski definition) is 4. The van der Waals surface area contributed by atoms with Gasteiger partial charge in [-0.1, -0.05) is 6.42 Å². The molecule has 120 valence electrons. The second kappa shape index (κ2) is 5.88. The molecule has 1 amide bonds. The summed E-state index contributed by atoms with van der Waals surface area (Å²) >= 11 is 0. The van der Waals surface area contributed by atoms with E-state index in [1.807, 2.05) is 0 Å². The van der Waals surface area contributed by atoms with Gasteiger partial charge in [0.2, 0.25) is 12.7 Å². The smallest absolute Gasteiger partial charge is 0.231 e. The summed E-state index contributed by atoms with van der Waals surface area (Å²) in [5.74, 6) is 3.51. The number of fused-ring (bicyclic) bond motifs is 3. The molecule has 5 nitrogen and oxygen atoms in total. The fourth-order valence-electron chi connectivity index (χ4n) is 4.13. The number of ether oxygens (including phenoxy) is 2. The van der Waals surface area contributed by atoms with Crippen molar-refractivity contribution >= 4 is 29.7 Å². The SMILES string of the molecule is Cl.Nc1cc2c(cc1NC(=O)CC1CC3CCC1C3)OCO2. The van der Waals surface area contributed by atoms with Crippen LogP contribution in [0.2, 0.25) is 0 Å². The van der Waals surface area contributed by atoms with Crippen molar-refractivity contribution in [3.8, 4) is 11.5 Å². The zero-order chi connectivity index (χ0) is 14.4. The van der Waals surface area contributed by atoms with E-state index in [0.29, 0.717) is 35.2 Å². The Morgan fingerprint density at radius 2 is 2.00 bits per heavy atom. The molecule has 2 saturated carbocycles. The van der Waals surface area contributed by atoms with E-state index in [-0.39, 0.29) is 25.1 Å². The van der Waals surface area contributed by atoms with Crippen LogP contribution in [0.5, 0.6) is 11.5 Å². The Balaban J connectivity index is 0.00000144. The van der Waals surface area contributed by atoms with Gasteiger partial charge in [-0.05, 0) is 37.0 Å². The summed E-state index contributed by atoms with van der Waals surface area (Å²) in [7, 11) is 0. The third-order valence-corrected chi connectivity index (χ3v) is 5.15. The first-order valence-electron chi connectivity index (χ1n) is 7.68. The molecule has 0 aromatic heterocycles. The third kappa shape index (κ3) is 2.70. The van der Waals surface area contributed by atoms with Crippen molar-refractivity contribution in [3.63, 3.8) is 0 Å². The van der Waals surface area contributed by atoms with E-state index in [4.69, 9.17) is 15.2 Å². The van der Waals surface area contributed by atoms with Gasteiger partial charge in [0.1, 0.15) is 0 Å². The van der Waals surface area contributed by atoms with Gasteiger partial charge in [-0.3, -0.25) is 4.79 Å². The summed E-state index contributed by atoms with van der Waals surface area (Å²) < 4.78 is 10.6. The van der Waals surface area contributed by atoms with Crippen LogP contribution in [0, 0.1) is 17.8 Å². The number of carbonyl (C=O) groups is 1. The molecular formula is C16H21ClN2O3. The lowest BCUT2D eigenvalue weighted by atomic mass is 9.86. The molecule has 0 spiro atoms. The molecule has 0 saturated heterocycles. The van der Waals surface area contributed by atoms with Crippen molar-refractivity contribution in [2.24, 2.45) is 17.8 Å². The van der Waals surface area contributed by atoms with Gasteiger partial charge in [0.15, 0.2) is 11.5 Å². The fourth-order valence-corrected chi connectivity index (χ4v) is 4.13. The number of halogens is 1. The van der Waals surface area contributed by atoms with Gasteiger partial charge in [0.05, 0.1) is 11.4 Å². The van der Waals surface area contributed by atoms with E-state index < -0.39 is 0 Å². The third-order valence-electron chi connectivity index (χ3n) is 5.15. The molecule has 3 aliphatic rings. The molecule has 2 aliphatic carbocycles. The number of anilines is 2. The zero-order valence-electron chi connectivity index (χ0n) is 12.3. The number of nitrogens with one attached hydrogen (secondary N) is 1. The van der Waals surface area contributed by atoms with Gasteiger partial charge >= 0.3 is 0 Å². The van der Waals surface area contributed by atoms with Crippen LogP contribution < -0.4 is 20.5 Å². The predicted octanol–water partition coefficient (Wildman–Crippen LogP) is 3.18. The molecule has 4 rings (SSSR count). The van der Waals surface area contributed by atoms with E-state index in [9.17, 15) is 4.79 Å². The van der Waals surface area contributed by atoms with Crippen molar-refractivity contribution in [3.05, 3.63) is 12.1 Å². The molecule has 22 heavy (non-hydrogen) atoms. The molecule has 1 heterocycles. The number of carbonyl (C=O) groups excluding carboxylic acids is 1. The maximum atomic E-state index is 12.3. The number of benzene rings is 1. The summed E-state index contributed by atoms with van der Waals surface area (Å²) in [5, 5.41) is 2.93. The fraction of sp³-hybridized carbons (Fsp3) is 0.562. The van der Waals surface area contributed by atoms with Gasteiger partial charge in [0, 0.05) is 18.6 Å². The molecule has 3 atom stereocenters. The van der Waals surface area contributed by atoms with Crippen LogP contribution in [-0.4, -0.2) is 12.7 Å². The van der Waals surface area contributed by atoms with Crippen molar-refractivity contribution in [1.29, 1.82) is 0 Å². The maximum absolute atomic E-state index is 12.3. The minimum atomic E-state index is 0. The zero-order valence-corrected chi connectivity index (χ0v) is 13.2. The lowest BCUT2D eigenvalue weighted by molar-refractivity contribution is -0.117. The lowest BCUT2D eigenvalue weighted by Gasteiger charge is -2.21. The van der Waals surface area contributed by atoms with Gasteiger partial charge in [-0.25, -0.2) is 0 Å². The summed E-state index contributed by atoms with van der Waals surface area (Å²) in [5.41, 5.74) is 7.09. The van der Waals surface area contributed by atoms with E-state index in [1.54, 1.807) is 12.1 Å². The molecular weight excluding hydrogens is 304 g/mol. The van der Waals surface area contributed by atoms with E-state index in [0.717, 1.165) is 11.8 Å². The number of rotatable bonds is 3. The van der Waals surface area contributed by atoms with Gasteiger partial charge in [0.25, 0.3) is 0 Å². The Morgan fingerprint density at radius 3 is 2.68 bits per heavy atom. The van der Waals surface area contributed by atoms with E-state index in [2.05, 4.69) is 5.32 Å². The Labute approximate surface area is 135 Å². The summed E-state index contributed by atoms with van der Waals surface area (Å²) in [6.45, 7) is 0.206. The van der Waals surface area contributed by atoms with Gasteiger partial charge in [-0.2, -0.15) is 0 Å². The minimum absolute atomic E-state index is 0. The van der Waals surface area contributed by atoms with Crippen LogP contribution in [0.1, 0.15) is 32.1 Å². The molecule has 1 aromatic rings. The quantitative estimate of drug-likeness (QED) is 0.837. The van der Waals surface area contributed by atoms with Crippen molar-refractivity contribution in [1.82, 2.24) is 0 Å². The molecule has 1 aliphatic heterocycles. The summed E-state index contributed by atoms with van der Waals surface area (Å²) in [6.07, 6.45) is 5.81. The largest absolute Gasteiger partial charge is 0.454 e. The van der Waals surface area contributed by atoms with Crippen molar-refractivity contribution in [2.75, 3.05) is 17.8 Å². The predicted molar refractivity (Wildman–Crippen MR) is 86.4 cm³/mol. The number of amides is 1. The highest BCUT2D eigenvalue weighted by Gasteiger charge is 2.40. The van der Waals surface area contributed by atoms with Gasteiger partial charge in [-0.15, -0.1) is 12.4 Å². The second-order valence-corrected chi connectivity index (χ2v) is 6.48. The summed E-state index contributed by atoms with van der Waals surface area (Å²) in [6, 6.07) is 3.45. The van der Waals surface area contributed by atoms with E-state index >= 15 is 0 Å². The lowest BCUT2D eigenvalue weighted by Crippen LogP contribution is -2.20. The van der Waals surface area contributed by atoms with Crippen molar-refractivity contribution < 1.29 is 14.3 Å². The minimum Gasteiger partial charge on any atom is -0.454 e. The van der Waals surface area contributed by atoms with Crippen molar-refractivity contribution in [2.45, 2.75) is 32.1 Å². The number of nitrogen functional groups attached to an aromatic ring is 1. The Hall–Kier alpha value is -1.62. The Kier molecular flexibility index (Phi) is 4.08. The first kappa shape index (κ1) is 15.3. The van der Waals surface area contributed by atoms with E-state index in [1.165, 1.54) is 25.7 Å². The van der Waals surface area contributed by atoms with Crippen LogP contribution in [0.25, 0.3) is 0 Å².